The lowest BCUT2D eigenvalue weighted by atomic mass is 9.95. The Bertz CT molecular complexity index is 571. The largest absolute Gasteiger partial charge is 0.324 e. The van der Waals surface area contributed by atoms with E-state index in [-0.39, 0.29) is 0 Å². The van der Waals surface area contributed by atoms with Crippen molar-refractivity contribution in [3.63, 3.8) is 0 Å². The number of para-hydroxylation sites is 1. The third-order valence-corrected chi connectivity index (χ3v) is 4.49. The molecule has 2 nitrogen and oxygen atoms in total. The summed E-state index contributed by atoms with van der Waals surface area (Å²) in [5.74, 6) is 1.69. The SMILES string of the molecule is ClCCc1nc2cccc(Cl)c2n1C1CCCCC1. The first-order valence-corrected chi connectivity index (χ1v) is 7.94. The standard InChI is InChI=1S/C15H18Cl2N2/c16-10-9-14-18-13-8-4-7-12(17)15(13)19(14)11-5-2-1-3-6-11/h4,7-8,11H,1-3,5-6,9-10H2. The van der Waals surface area contributed by atoms with E-state index in [1.54, 1.807) is 0 Å². The number of rotatable bonds is 3. The van der Waals surface area contributed by atoms with Gasteiger partial charge >= 0.3 is 0 Å². The number of benzene rings is 1. The summed E-state index contributed by atoms with van der Waals surface area (Å²) in [6, 6.07) is 6.50. The van der Waals surface area contributed by atoms with Crippen LogP contribution in [0.5, 0.6) is 0 Å². The normalized spacial score (nSPS) is 17.2. The molecule has 0 saturated heterocycles. The van der Waals surface area contributed by atoms with Gasteiger partial charge in [0.1, 0.15) is 5.82 Å². The number of aromatic nitrogens is 2. The third kappa shape index (κ3) is 2.48. The Hall–Kier alpha value is -0.730. The number of nitrogens with zero attached hydrogens (tertiary/aromatic N) is 2. The van der Waals surface area contributed by atoms with E-state index in [1.807, 2.05) is 18.2 Å². The highest BCUT2D eigenvalue weighted by atomic mass is 35.5. The van der Waals surface area contributed by atoms with Gasteiger partial charge in [-0.15, -0.1) is 11.6 Å². The Morgan fingerprint density at radius 3 is 2.74 bits per heavy atom. The van der Waals surface area contributed by atoms with E-state index < -0.39 is 0 Å². The Morgan fingerprint density at radius 2 is 2.00 bits per heavy atom. The highest BCUT2D eigenvalue weighted by Crippen LogP contribution is 2.35. The van der Waals surface area contributed by atoms with Gasteiger partial charge in [0, 0.05) is 18.3 Å². The third-order valence-electron chi connectivity index (χ3n) is 3.99. The fraction of sp³-hybridized carbons (Fsp3) is 0.533. The van der Waals surface area contributed by atoms with E-state index in [4.69, 9.17) is 28.2 Å². The molecule has 4 heteroatoms. The molecular weight excluding hydrogens is 279 g/mol. The zero-order chi connectivity index (χ0) is 13.2. The van der Waals surface area contributed by atoms with Crippen molar-refractivity contribution in [2.24, 2.45) is 0 Å². The lowest BCUT2D eigenvalue weighted by Crippen LogP contribution is -2.16. The predicted molar refractivity (Wildman–Crippen MR) is 81.3 cm³/mol. The van der Waals surface area contributed by atoms with Gasteiger partial charge in [0.05, 0.1) is 16.1 Å². The minimum atomic E-state index is 0.539. The van der Waals surface area contributed by atoms with Crippen LogP contribution in [0, 0.1) is 0 Å². The molecule has 3 rings (SSSR count). The summed E-state index contributed by atoms with van der Waals surface area (Å²) < 4.78 is 2.36. The molecule has 0 unspecified atom stereocenters. The number of halogens is 2. The molecule has 0 amide bonds. The van der Waals surface area contributed by atoms with Gasteiger partial charge in [0.15, 0.2) is 0 Å². The van der Waals surface area contributed by atoms with Gasteiger partial charge in [-0.1, -0.05) is 36.9 Å². The zero-order valence-corrected chi connectivity index (χ0v) is 12.4. The number of hydrogen-bond acceptors (Lipinski definition) is 1. The van der Waals surface area contributed by atoms with Crippen LogP contribution in [0.4, 0.5) is 0 Å². The van der Waals surface area contributed by atoms with Gasteiger partial charge in [-0.05, 0) is 25.0 Å². The van der Waals surface area contributed by atoms with Crippen LogP contribution in [0.3, 0.4) is 0 Å². The van der Waals surface area contributed by atoms with Crippen LogP contribution in [0.2, 0.25) is 5.02 Å². The second kappa shape index (κ2) is 5.72. The molecule has 0 radical (unpaired) electrons. The van der Waals surface area contributed by atoms with Gasteiger partial charge in [-0.2, -0.15) is 0 Å². The van der Waals surface area contributed by atoms with Crippen LogP contribution in [0.25, 0.3) is 11.0 Å². The van der Waals surface area contributed by atoms with E-state index >= 15 is 0 Å². The van der Waals surface area contributed by atoms with Crippen LogP contribution in [0.1, 0.15) is 44.0 Å². The molecule has 102 valence electrons. The monoisotopic (exact) mass is 296 g/mol. The van der Waals surface area contributed by atoms with Crippen molar-refractivity contribution in [3.05, 3.63) is 29.0 Å². The van der Waals surface area contributed by atoms with Crippen LogP contribution in [-0.2, 0) is 6.42 Å². The van der Waals surface area contributed by atoms with Crippen LogP contribution < -0.4 is 0 Å². The summed E-state index contributed by atoms with van der Waals surface area (Å²) in [7, 11) is 0. The number of alkyl halides is 1. The summed E-state index contributed by atoms with van der Waals surface area (Å²) in [6.45, 7) is 0. The first-order valence-electron chi connectivity index (χ1n) is 7.02. The quantitative estimate of drug-likeness (QED) is 0.731. The second-order valence-corrected chi connectivity index (χ2v) is 6.02. The van der Waals surface area contributed by atoms with Crippen molar-refractivity contribution in [1.29, 1.82) is 0 Å². The molecule has 0 bridgehead atoms. The number of aryl methyl sites for hydroxylation is 1. The first-order chi connectivity index (χ1) is 9.31. The maximum Gasteiger partial charge on any atom is 0.111 e. The molecule has 1 saturated carbocycles. The van der Waals surface area contributed by atoms with Crippen molar-refractivity contribution in [2.45, 2.75) is 44.6 Å². The van der Waals surface area contributed by atoms with Crippen molar-refractivity contribution in [2.75, 3.05) is 5.88 Å². The molecule has 1 aliphatic carbocycles. The average molecular weight is 297 g/mol. The molecule has 1 fully saturated rings. The summed E-state index contributed by atoms with van der Waals surface area (Å²) in [6.07, 6.45) is 7.22. The smallest absolute Gasteiger partial charge is 0.111 e. The van der Waals surface area contributed by atoms with E-state index in [9.17, 15) is 0 Å². The van der Waals surface area contributed by atoms with Crippen molar-refractivity contribution < 1.29 is 0 Å². The topological polar surface area (TPSA) is 17.8 Å². The van der Waals surface area contributed by atoms with Gasteiger partial charge in [0.25, 0.3) is 0 Å². The van der Waals surface area contributed by atoms with Gasteiger partial charge in [-0.25, -0.2) is 4.98 Å². The Balaban J connectivity index is 2.14. The Kier molecular flexibility index (Phi) is 3.99. The fourth-order valence-corrected chi connectivity index (χ4v) is 3.58. The van der Waals surface area contributed by atoms with E-state index in [0.717, 1.165) is 28.3 Å². The van der Waals surface area contributed by atoms with Crippen LogP contribution in [0.15, 0.2) is 18.2 Å². The lowest BCUT2D eigenvalue weighted by Gasteiger charge is -2.25. The van der Waals surface area contributed by atoms with Crippen molar-refractivity contribution >= 4 is 34.2 Å². The number of fused-ring (bicyclic) bond motifs is 1. The molecule has 0 aliphatic heterocycles. The number of hydrogen-bond donors (Lipinski definition) is 0. The summed E-state index contributed by atoms with van der Waals surface area (Å²) in [4.78, 5) is 4.73. The van der Waals surface area contributed by atoms with E-state index in [0.29, 0.717) is 11.9 Å². The summed E-state index contributed by atoms with van der Waals surface area (Å²) >= 11 is 12.3. The molecule has 0 atom stereocenters. The molecule has 1 aromatic carbocycles. The number of imidazole rings is 1. The minimum absolute atomic E-state index is 0.539. The van der Waals surface area contributed by atoms with Gasteiger partial charge < -0.3 is 4.57 Å². The van der Waals surface area contributed by atoms with Crippen molar-refractivity contribution in [1.82, 2.24) is 9.55 Å². The van der Waals surface area contributed by atoms with E-state index in [1.165, 1.54) is 32.1 Å². The molecular formula is C15H18Cl2N2. The maximum absolute atomic E-state index is 6.40. The van der Waals surface area contributed by atoms with Crippen molar-refractivity contribution in [3.8, 4) is 0 Å². The van der Waals surface area contributed by atoms with E-state index in [2.05, 4.69) is 4.57 Å². The zero-order valence-electron chi connectivity index (χ0n) is 10.9. The molecule has 1 aliphatic rings. The molecule has 1 heterocycles. The first kappa shape index (κ1) is 13.3. The lowest BCUT2D eigenvalue weighted by molar-refractivity contribution is 0.353. The molecule has 1 aromatic heterocycles. The predicted octanol–water partition coefficient (Wildman–Crippen LogP) is 4.98. The highest BCUT2D eigenvalue weighted by molar-refractivity contribution is 6.35. The molecule has 19 heavy (non-hydrogen) atoms. The van der Waals surface area contributed by atoms with Crippen LogP contribution >= 0.6 is 23.2 Å². The highest BCUT2D eigenvalue weighted by Gasteiger charge is 2.22. The maximum atomic E-state index is 6.40. The Morgan fingerprint density at radius 1 is 1.21 bits per heavy atom. The summed E-state index contributed by atoms with van der Waals surface area (Å²) in [5.41, 5.74) is 2.09. The van der Waals surface area contributed by atoms with Gasteiger partial charge in [0.2, 0.25) is 0 Å². The molecule has 0 N–H and O–H groups in total. The molecule has 0 spiro atoms. The minimum Gasteiger partial charge on any atom is -0.324 e. The second-order valence-electron chi connectivity index (χ2n) is 5.24. The fourth-order valence-electron chi connectivity index (χ4n) is 3.15. The van der Waals surface area contributed by atoms with Gasteiger partial charge in [-0.3, -0.25) is 0 Å². The Labute approximate surface area is 123 Å². The van der Waals surface area contributed by atoms with Crippen LogP contribution in [-0.4, -0.2) is 15.4 Å². The average Bonchev–Trinajstić information content (AvgIpc) is 2.80. The molecule has 2 aromatic rings. The summed E-state index contributed by atoms with van der Waals surface area (Å²) in [5, 5.41) is 0.802.